The molecule has 2 aromatic heterocycles. The van der Waals surface area contributed by atoms with Crippen LogP contribution in [0.4, 0.5) is 0 Å². The van der Waals surface area contributed by atoms with Crippen molar-refractivity contribution in [3.8, 4) is 5.75 Å². The number of methoxy groups -OCH3 is 1. The highest BCUT2D eigenvalue weighted by Crippen LogP contribution is 2.26. The minimum absolute atomic E-state index is 0.226. The topological polar surface area (TPSA) is 75.6 Å². The third-order valence-corrected chi connectivity index (χ3v) is 4.82. The Morgan fingerprint density at radius 3 is 2.54 bits per heavy atom. The van der Waals surface area contributed by atoms with Gasteiger partial charge >= 0.3 is 0 Å². The fraction of sp³-hybridized carbons (Fsp3) is 0.200. The van der Waals surface area contributed by atoms with Crippen molar-refractivity contribution in [2.45, 2.75) is 6.42 Å². The van der Waals surface area contributed by atoms with Gasteiger partial charge in [-0.05, 0) is 30.7 Å². The molecule has 3 heterocycles. The van der Waals surface area contributed by atoms with Crippen LogP contribution >= 0.6 is 11.6 Å². The number of hydrogen-bond donors (Lipinski definition) is 0. The molecule has 1 aliphatic heterocycles. The van der Waals surface area contributed by atoms with Crippen LogP contribution in [0, 0.1) is 0 Å². The minimum Gasteiger partial charge on any atom is -0.496 e. The zero-order valence-corrected chi connectivity index (χ0v) is 15.9. The Bertz CT molecular complexity index is 1060. The summed E-state index contributed by atoms with van der Waals surface area (Å²) in [4.78, 5) is 34.4. The highest BCUT2D eigenvalue weighted by molar-refractivity contribution is 6.29. The van der Waals surface area contributed by atoms with Gasteiger partial charge in [0, 0.05) is 30.7 Å². The molecule has 28 heavy (non-hydrogen) atoms. The Balaban J connectivity index is 1.66. The number of carbonyl (C=O) groups is 2. The van der Waals surface area contributed by atoms with Gasteiger partial charge in [0.15, 0.2) is 0 Å². The number of aromatic nitrogens is 2. The number of nitrogens with zero attached hydrogens (tertiary/aromatic N) is 4. The lowest BCUT2D eigenvalue weighted by molar-refractivity contribution is 0.0182. The molecule has 1 fully saturated rings. The number of hydrazine groups is 1. The second kappa shape index (κ2) is 7.44. The van der Waals surface area contributed by atoms with E-state index in [1.54, 1.807) is 25.3 Å². The van der Waals surface area contributed by atoms with Gasteiger partial charge in [-0.2, -0.15) is 0 Å². The minimum atomic E-state index is -0.350. The van der Waals surface area contributed by atoms with Crippen molar-refractivity contribution in [1.29, 1.82) is 0 Å². The van der Waals surface area contributed by atoms with Crippen molar-refractivity contribution >= 4 is 34.3 Å². The molecule has 0 radical (unpaired) electrons. The van der Waals surface area contributed by atoms with Crippen LogP contribution < -0.4 is 4.74 Å². The monoisotopic (exact) mass is 396 g/mol. The molecule has 0 spiro atoms. The summed E-state index contributed by atoms with van der Waals surface area (Å²) < 4.78 is 5.42. The average molecular weight is 397 g/mol. The van der Waals surface area contributed by atoms with E-state index >= 15 is 0 Å². The number of pyridine rings is 2. The zero-order chi connectivity index (χ0) is 19.7. The van der Waals surface area contributed by atoms with E-state index in [1.165, 1.54) is 16.2 Å². The van der Waals surface area contributed by atoms with Crippen LogP contribution in [0.25, 0.3) is 10.9 Å². The summed E-state index contributed by atoms with van der Waals surface area (Å²) in [6, 6.07) is 12.2. The number of hydrogen-bond acceptors (Lipinski definition) is 5. The molecule has 2 amide bonds. The third-order valence-electron chi connectivity index (χ3n) is 4.59. The van der Waals surface area contributed by atoms with E-state index in [2.05, 4.69) is 9.97 Å². The van der Waals surface area contributed by atoms with Gasteiger partial charge < -0.3 is 4.74 Å². The number of fused-ring (bicyclic) bond motifs is 1. The van der Waals surface area contributed by atoms with Crippen molar-refractivity contribution in [1.82, 2.24) is 20.0 Å². The molecule has 0 unspecified atom stereocenters. The Morgan fingerprint density at radius 1 is 1.07 bits per heavy atom. The van der Waals surface area contributed by atoms with E-state index in [1.807, 2.05) is 24.3 Å². The Hall–Kier alpha value is -3.19. The van der Waals surface area contributed by atoms with E-state index in [9.17, 15) is 9.59 Å². The van der Waals surface area contributed by atoms with Gasteiger partial charge in [0.25, 0.3) is 11.8 Å². The number of amides is 2. The predicted octanol–water partition coefficient (Wildman–Crippen LogP) is 3.20. The molecule has 8 heteroatoms. The summed E-state index contributed by atoms with van der Waals surface area (Å²) in [5, 5.41) is 3.98. The van der Waals surface area contributed by atoms with Gasteiger partial charge in [-0.25, -0.2) is 20.0 Å². The summed E-state index contributed by atoms with van der Waals surface area (Å²) in [6.45, 7) is 0.875. The summed E-state index contributed by atoms with van der Waals surface area (Å²) >= 11 is 5.79. The Labute approximate surface area is 166 Å². The van der Waals surface area contributed by atoms with Gasteiger partial charge in [-0.1, -0.05) is 23.7 Å². The first kappa shape index (κ1) is 18.2. The van der Waals surface area contributed by atoms with Crippen molar-refractivity contribution < 1.29 is 14.3 Å². The van der Waals surface area contributed by atoms with E-state index in [0.717, 1.165) is 5.39 Å². The summed E-state index contributed by atoms with van der Waals surface area (Å²) in [5.41, 5.74) is 1.25. The molecule has 3 aromatic rings. The van der Waals surface area contributed by atoms with Crippen molar-refractivity contribution in [2.75, 3.05) is 20.2 Å². The molecule has 1 aliphatic rings. The number of para-hydroxylation sites is 1. The van der Waals surface area contributed by atoms with Crippen molar-refractivity contribution in [2.24, 2.45) is 0 Å². The highest BCUT2D eigenvalue weighted by atomic mass is 35.5. The molecule has 0 atom stereocenters. The van der Waals surface area contributed by atoms with Crippen molar-refractivity contribution in [3.05, 3.63) is 65.1 Å². The first-order chi connectivity index (χ1) is 13.6. The van der Waals surface area contributed by atoms with Crippen LogP contribution in [0.15, 0.2) is 48.7 Å². The molecule has 7 nitrogen and oxygen atoms in total. The van der Waals surface area contributed by atoms with E-state index in [4.69, 9.17) is 16.3 Å². The van der Waals surface area contributed by atoms with Gasteiger partial charge in [0.2, 0.25) is 0 Å². The summed E-state index contributed by atoms with van der Waals surface area (Å²) in [6.07, 6.45) is 2.09. The SMILES string of the molecule is COc1cc(C(=O)N2CCCN2C(=O)c2ccc(Cl)nc2)nc2ccccc12. The van der Waals surface area contributed by atoms with Crippen molar-refractivity contribution in [3.63, 3.8) is 0 Å². The lowest BCUT2D eigenvalue weighted by Gasteiger charge is -2.27. The number of ether oxygens (including phenoxy) is 1. The van der Waals surface area contributed by atoms with Crippen LogP contribution in [0.1, 0.15) is 27.3 Å². The Kier molecular flexibility index (Phi) is 4.83. The second-order valence-corrected chi connectivity index (χ2v) is 6.69. The molecule has 0 aliphatic carbocycles. The average Bonchev–Trinajstić information content (AvgIpc) is 3.22. The van der Waals surface area contributed by atoms with Gasteiger partial charge in [-0.3, -0.25) is 9.59 Å². The maximum atomic E-state index is 13.1. The lowest BCUT2D eigenvalue weighted by Crippen LogP contribution is -2.45. The molecular weight excluding hydrogens is 380 g/mol. The molecule has 142 valence electrons. The number of rotatable bonds is 3. The molecule has 0 N–H and O–H groups in total. The highest BCUT2D eigenvalue weighted by Gasteiger charge is 2.33. The first-order valence-corrected chi connectivity index (χ1v) is 9.15. The van der Waals surface area contributed by atoms with Crippen LogP contribution in [0.5, 0.6) is 5.75 Å². The number of benzene rings is 1. The predicted molar refractivity (Wildman–Crippen MR) is 104 cm³/mol. The van der Waals surface area contributed by atoms with Gasteiger partial charge in [0.1, 0.15) is 16.6 Å². The van der Waals surface area contributed by atoms with Gasteiger partial charge in [0.05, 0.1) is 18.2 Å². The normalized spacial score (nSPS) is 13.8. The molecule has 1 aromatic carbocycles. The number of halogens is 1. The van der Waals surface area contributed by atoms with Gasteiger partial charge in [-0.15, -0.1) is 0 Å². The van der Waals surface area contributed by atoms with Crippen LogP contribution in [0.2, 0.25) is 5.15 Å². The fourth-order valence-corrected chi connectivity index (χ4v) is 3.35. The molecular formula is C20H17ClN4O3. The summed E-state index contributed by atoms with van der Waals surface area (Å²) in [5.74, 6) is -0.0903. The molecule has 4 rings (SSSR count). The molecule has 1 saturated heterocycles. The van der Waals surface area contributed by atoms with E-state index in [-0.39, 0.29) is 17.5 Å². The number of carbonyl (C=O) groups excluding carboxylic acids is 2. The third kappa shape index (κ3) is 3.25. The quantitative estimate of drug-likeness (QED) is 0.635. The van der Waals surface area contributed by atoms with Crippen LogP contribution in [0.3, 0.4) is 0 Å². The second-order valence-electron chi connectivity index (χ2n) is 6.31. The first-order valence-electron chi connectivity index (χ1n) is 8.77. The Morgan fingerprint density at radius 2 is 1.82 bits per heavy atom. The van der Waals surface area contributed by atoms with E-state index < -0.39 is 0 Å². The smallest absolute Gasteiger partial charge is 0.291 e. The largest absolute Gasteiger partial charge is 0.496 e. The maximum absolute atomic E-state index is 13.1. The summed E-state index contributed by atoms with van der Waals surface area (Å²) in [7, 11) is 1.55. The van der Waals surface area contributed by atoms with E-state index in [0.29, 0.717) is 41.5 Å². The lowest BCUT2D eigenvalue weighted by atomic mass is 10.1. The van der Waals surface area contributed by atoms with Crippen LogP contribution in [-0.4, -0.2) is 52.0 Å². The maximum Gasteiger partial charge on any atom is 0.291 e. The fourth-order valence-electron chi connectivity index (χ4n) is 3.24. The molecule has 0 saturated carbocycles. The zero-order valence-electron chi connectivity index (χ0n) is 15.1. The standard InChI is InChI=1S/C20H17ClN4O3/c1-28-17-11-16(23-15-6-3-2-5-14(15)17)20(27)25-10-4-9-24(25)19(26)13-7-8-18(21)22-12-13/h2-3,5-8,11-12H,4,9-10H2,1H3. The molecule has 0 bridgehead atoms. The van der Waals surface area contributed by atoms with Crippen LogP contribution in [-0.2, 0) is 0 Å².